The number of nitriles is 1. The number of hydrogen-bond donors (Lipinski definition) is 1. The van der Waals surface area contributed by atoms with Crippen LogP contribution in [0.5, 0.6) is 0 Å². The molecule has 4 heteroatoms. The summed E-state index contributed by atoms with van der Waals surface area (Å²) in [6.07, 6.45) is 0.342. The fraction of sp³-hybridized carbons (Fsp3) is 0.750. The molecule has 0 fully saturated rings. The molecule has 2 atom stereocenters. The number of likely N-dealkylation sites (N-methyl/N-ethyl adjacent to an activating group) is 1. The largest absolute Gasteiger partial charge is 0.341 e. The van der Waals surface area contributed by atoms with Gasteiger partial charge in [0.05, 0.1) is 18.5 Å². The number of hydrogen-bond acceptors (Lipinski definition) is 3. The van der Waals surface area contributed by atoms with E-state index in [9.17, 15) is 4.79 Å². The van der Waals surface area contributed by atoms with Gasteiger partial charge >= 0.3 is 0 Å². The standard InChI is InChI=1S/C8H15N3O/c1-6(4-5-9)11(3)8(12)7(2)10/h6-7H,4,10H2,1-3H3/t6?,7-/m1/s1. The van der Waals surface area contributed by atoms with E-state index in [0.717, 1.165) is 0 Å². The van der Waals surface area contributed by atoms with E-state index in [2.05, 4.69) is 0 Å². The number of nitrogens with two attached hydrogens (primary N) is 1. The molecule has 0 aliphatic rings. The molecule has 0 bridgehead atoms. The lowest BCUT2D eigenvalue weighted by molar-refractivity contribution is -0.132. The fourth-order valence-electron chi connectivity index (χ4n) is 0.807. The maximum Gasteiger partial charge on any atom is 0.239 e. The van der Waals surface area contributed by atoms with Crippen LogP contribution < -0.4 is 5.73 Å². The first-order valence-corrected chi connectivity index (χ1v) is 3.90. The number of rotatable bonds is 3. The van der Waals surface area contributed by atoms with Crippen LogP contribution in [0.4, 0.5) is 0 Å². The minimum Gasteiger partial charge on any atom is -0.341 e. The number of carbonyl (C=O) groups is 1. The van der Waals surface area contributed by atoms with Crippen LogP contribution in [0.2, 0.25) is 0 Å². The van der Waals surface area contributed by atoms with E-state index in [1.807, 2.05) is 13.0 Å². The molecule has 4 nitrogen and oxygen atoms in total. The molecule has 0 aliphatic heterocycles. The maximum absolute atomic E-state index is 11.3. The van der Waals surface area contributed by atoms with Crippen LogP contribution in [0.15, 0.2) is 0 Å². The van der Waals surface area contributed by atoms with Crippen LogP contribution in [0.1, 0.15) is 20.3 Å². The van der Waals surface area contributed by atoms with Crippen LogP contribution >= 0.6 is 0 Å². The lowest BCUT2D eigenvalue weighted by atomic mass is 10.2. The normalized spacial score (nSPS) is 14.6. The van der Waals surface area contributed by atoms with Crippen molar-refractivity contribution < 1.29 is 4.79 Å². The van der Waals surface area contributed by atoms with Crippen molar-refractivity contribution in [2.24, 2.45) is 5.73 Å². The average Bonchev–Trinajstić information content (AvgIpc) is 2.02. The van der Waals surface area contributed by atoms with Gasteiger partial charge in [0.15, 0.2) is 0 Å². The molecule has 0 aromatic rings. The van der Waals surface area contributed by atoms with Gasteiger partial charge in [-0.1, -0.05) is 0 Å². The van der Waals surface area contributed by atoms with E-state index in [-0.39, 0.29) is 11.9 Å². The molecule has 0 spiro atoms. The molecule has 0 saturated carbocycles. The molecule has 12 heavy (non-hydrogen) atoms. The monoisotopic (exact) mass is 169 g/mol. The van der Waals surface area contributed by atoms with Gasteiger partial charge in [0.25, 0.3) is 0 Å². The predicted octanol–water partition coefficient (Wildman–Crippen LogP) is 0.0942. The highest BCUT2D eigenvalue weighted by atomic mass is 16.2. The van der Waals surface area contributed by atoms with Crippen LogP contribution in [0.25, 0.3) is 0 Å². The summed E-state index contributed by atoms with van der Waals surface area (Å²) >= 11 is 0. The molecule has 0 rings (SSSR count). The van der Waals surface area contributed by atoms with E-state index in [4.69, 9.17) is 11.0 Å². The topological polar surface area (TPSA) is 70.1 Å². The Labute approximate surface area is 72.9 Å². The third kappa shape index (κ3) is 2.89. The molecule has 0 radical (unpaired) electrons. The Bertz CT molecular complexity index is 195. The van der Waals surface area contributed by atoms with E-state index in [1.165, 1.54) is 4.90 Å². The maximum atomic E-state index is 11.3. The van der Waals surface area contributed by atoms with Gasteiger partial charge in [0, 0.05) is 13.1 Å². The number of nitrogens with zero attached hydrogens (tertiary/aromatic N) is 2. The summed E-state index contributed by atoms with van der Waals surface area (Å²) < 4.78 is 0. The van der Waals surface area contributed by atoms with Gasteiger partial charge in [-0.3, -0.25) is 4.79 Å². The number of amides is 1. The highest BCUT2D eigenvalue weighted by Crippen LogP contribution is 2.01. The van der Waals surface area contributed by atoms with E-state index in [0.29, 0.717) is 6.42 Å². The molecule has 0 aromatic carbocycles. The zero-order valence-electron chi connectivity index (χ0n) is 7.74. The second kappa shape index (κ2) is 4.73. The second-order valence-corrected chi connectivity index (χ2v) is 2.95. The van der Waals surface area contributed by atoms with Crippen molar-refractivity contribution >= 4 is 5.91 Å². The van der Waals surface area contributed by atoms with Crippen molar-refractivity contribution in [3.8, 4) is 6.07 Å². The first-order chi connectivity index (χ1) is 5.50. The van der Waals surface area contributed by atoms with Gasteiger partial charge in [-0.15, -0.1) is 0 Å². The highest BCUT2D eigenvalue weighted by molar-refractivity contribution is 5.81. The predicted molar refractivity (Wildman–Crippen MR) is 46.1 cm³/mol. The SMILES string of the molecule is CC(CC#N)N(C)C(=O)[C@@H](C)N. The van der Waals surface area contributed by atoms with Crippen LogP contribution in [0, 0.1) is 11.3 Å². The van der Waals surface area contributed by atoms with Gasteiger partial charge in [0.2, 0.25) is 5.91 Å². The van der Waals surface area contributed by atoms with Gasteiger partial charge in [-0.2, -0.15) is 5.26 Å². The van der Waals surface area contributed by atoms with Crippen molar-refractivity contribution in [2.75, 3.05) is 7.05 Å². The van der Waals surface area contributed by atoms with Gasteiger partial charge in [-0.05, 0) is 13.8 Å². The molecule has 1 amide bonds. The minimum atomic E-state index is -0.490. The molecule has 0 aromatic heterocycles. The summed E-state index contributed by atoms with van der Waals surface area (Å²) in [5.41, 5.74) is 5.40. The summed E-state index contributed by atoms with van der Waals surface area (Å²) in [5.74, 6) is -0.127. The van der Waals surface area contributed by atoms with Crippen molar-refractivity contribution in [3.63, 3.8) is 0 Å². The Morgan fingerprint density at radius 3 is 2.50 bits per heavy atom. The molecular formula is C8H15N3O. The van der Waals surface area contributed by atoms with Crippen LogP contribution in [-0.4, -0.2) is 29.9 Å². The Morgan fingerprint density at radius 1 is 1.67 bits per heavy atom. The summed E-state index contributed by atoms with van der Waals surface area (Å²) in [5, 5.41) is 8.39. The van der Waals surface area contributed by atoms with Crippen molar-refractivity contribution in [2.45, 2.75) is 32.4 Å². The Hall–Kier alpha value is -1.08. The number of carbonyl (C=O) groups excluding carboxylic acids is 1. The van der Waals surface area contributed by atoms with Crippen molar-refractivity contribution in [3.05, 3.63) is 0 Å². The summed E-state index contributed by atoms with van der Waals surface area (Å²) in [7, 11) is 1.66. The molecule has 0 heterocycles. The zero-order chi connectivity index (χ0) is 9.72. The van der Waals surface area contributed by atoms with E-state index < -0.39 is 6.04 Å². The van der Waals surface area contributed by atoms with Crippen molar-refractivity contribution in [1.82, 2.24) is 4.90 Å². The smallest absolute Gasteiger partial charge is 0.239 e. The molecular weight excluding hydrogens is 154 g/mol. The minimum absolute atomic E-state index is 0.0616. The fourth-order valence-corrected chi connectivity index (χ4v) is 0.807. The average molecular weight is 169 g/mol. The van der Waals surface area contributed by atoms with Gasteiger partial charge in [0.1, 0.15) is 0 Å². The lowest BCUT2D eigenvalue weighted by Crippen LogP contribution is -2.43. The lowest BCUT2D eigenvalue weighted by Gasteiger charge is -2.24. The summed E-state index contributed by atoms with van der Waals surface area (Å²) in [6, 6.07) is 1.46. The molecule has 0 aliphatic carbocycles. The van der Waals surface area contributed by atoms with Crippen molar-refractivity contribution in [1.29, 1.82) is 5.26 Å². The highest BCUT2D eigenvalue weighted by Gasteiger charge is 2.17. The Balaban J connectivity index is 4.11. The van der Waals surface area contributed by atoms with E-state index >= 15 is 0 Å². The molecule has 2 N–H and O–H groups in total. The first-order valence-electron chi connectivity index (χ1n) is 3.90. The second-order valence-electron chi connectivity index (χ2n) is 2.95. The molecule has 68 valence electrons. The summed E-state index contributed by atoms with van der Waals surface area (Å²) in [6.45, 7) is 3.46. The van der Waals surface area contributed by atoms with Gasteiger partial charge in [-0.25, -0.2) is 0 Å². The Kier molecular flexibility index (Phi) is 4.30. The van der Waals surface area contributed by atoms with Gasteiger partial charge < -0.3 is 10.6 Å². The molecule has 1 unspecified atom stereocenters. The summed E-state index contributed by atoms with van der Waals surface area (Å²) in [4.78, 5) is 12.8. The Morgan fingerprint density at radius 2 is 2.17 bits per heavy atom. The first kappa shape index (κ1) is 10.9. The third-order valence-electron chi connectivity index (χ3n) is 1.79. The third-order valence-corrected chi connectivity index (χ3v) is 1.79. The van der Waals surface area contributed by atoms with Crippen LogP contribution in [-0.2, 0) is 4.79 Å². The quantitative estimate of drug-likeness (QED) is 0.651. The molecule has 0 saturated heterocycles. The van der Waals surface area contributed by atoms with E-state index in [1.54, 1.807) is 14.0 Å². The van der Waals surface area contributed by atoms with Crippen LogP contribution in [0.3, 0.4) is 0 Å². The zero-order valence-corrected chi connectivity index (χ0v) is 7.74.